The van der Waals surface area contributed by atoms with Crippen molar-refractivity contribution in [2.75, 3.05) is 13.1 Å². The third kappa shape index (κ3) is 4.82. The first-order valence-electron chi connectivity index (χ1n) is 11.5. The fourth-order valence-corrected chi connectivity index (χ4v) is 4.69. The van der Waals surface area contributed by atoms with Crippen molar-refractivity contribution in [3.05, 3.63) is 70.5 Å². The lowest BCUT2D eigenvalue weighted by Crippen LogP contribution is -2.49. The highest BCUT2D eigenvalue weighted by Crippen LogP contribution is 2.30. The van der Waals surface area contributed by atoms with Gasteiger partial charge in [-0.3, -0.25) is 19.8 Å². The van der Waals surface area contributed by atoms with Gasteiger partial charge in [-0.1, -0.05) is 18.2 Å². The second-order valence-corrected chi connectivity index (χ2v) is 8.84. The van der Waals surface area contributed by atoms with Gasteiger partial charge < -0.3 is 26.0 Å². The van der Waals surface area contributed by atoms with E-state index in [2.05, 4.69) is 5.32 Å². The Balaban J connectivity index is 1.59. The predicted molar refractivity (Wildman–Crippen MR) is 127 cm³/mol. The van der Waals surface area contributed by atoms with Crippen LogP contribution in [0, 0.1) is 5.41 Å². The van der Waals surface area contributed by atoms with Gasteiger partial charge >= 0.3 is 0 Å². The number of carbonyl (C=O) groups is 3. The summed E-state index contributed by atoms with van der Waals surface area (Å²) in [6.45, 7) is 2.77. The Morgan fingerprint density at radius 1 is 1.29 bits per heavy atom. The molecule has 4 rings (SSSR count). The maximum Gasteiger partial charge on any atom is 0.271 e. The van der Waals surface area contributed by atoms with Crippen LogP contribution in [0.3, 0.4) is 0 Å². The number of aliphatic hydroxyl groups excluding tert-OH is 1. The van der Waals surface area contributed by atoms with Gasteiger partial charge in [-0.15, -0.1) is 0 Å². The van der Waals surface area contributed by atoms with Crippen molar-refractivity contribution in [2.45, 2.75) is 44.8 Å². The number of allylic oxidation sites excluding steroid dienone is 5. The number of amides is 3. The number of halogens is 1. The molecule has 0 fully saturated rings. The first-order chi connectivity index (χ1) is 16.7. The number of hydrogen-bond acceptors (Lipinski definition) is 6. The van der Waals surface area contributed by atoms with Gasteiger partial charge in [0.15, 0.2) is 6.17 Å². The summed E-state index contributed by atoms with van der Waals surface area (Å²) in [5, 5.41) is 20.5. The topological polar surface area (TPSA) is 140 Å². The quantitative estimate of drug-likeness (QED) is 0.430. The number of nitrogens with zero attached hydrogens (tertiary/aromatic N) is 2. The smallest absolute Gasteiger partial charge is 0.271 e. The molecule has 2 aliphatic carbocycles. The lowest BCUT2D eigenvalue weighted by molar-refractivity contribution is -0.129. The van der Waals surface area contributed by atoms with Crippen LogP contribution in [0.4, 0.5) is 4.39 Å². The number of rotatable bonds is 6. The monoisotopic (exact) mass is 481 g/mol. The van der Waals surface area contributed by atoms with E-state index in [9.17, 15) is 23.9 Å². The summed E-state index contributed by atoms with van der Waals surface area (Å²) in [5.74, 6) is -1.87. The largest absolute Gasteiger partial charge is 0.509 e. The average molecular weight is 482 g/mol. The van der Waals surface area contributed by atoms with Crippen LogP contribution in [0.2, 0.25) is 0 Å². The van der Waals surface area contributed by atoms with Crippen LogP contribution < -0.4 is 11.1 Å². The van der Waals surface area contributed by atoms with E-state index in [1.54, 1.807) is 15.9 Å². The summed E-state index contributed by atoms with van der Waals surface area (Å²) in [6, 6.07) is -0.291. The molecule has 2 unspecified atom stereocenters. The van der Waals surface area contributed by atoms with E-state index in [0.29, 0.717) is 18.7 Å². The van der Waals surface area contributed by atoms with Crippen molar-refractivity contribution in [3.63, 3.8) is 0 Å². The van der Waals surface area contributed by atoms with Crippen LogP contribution >= 0.6 is 0 Å². The summed E-state index contributed by atoms with van der Waals surface area (Å²) < 4.78 is 14.0. The lowest BCUT2D eigenvalue weighted by atomic mass is 9.93. The highest BCUT2D eigenvalue weighted by molar-refractivity contribution is 6.44. The number of hydrogen-bond donors (Lipinski definition) is 4. The summed E-state index contributed by atoms with van der Waals surface area (Å²) in [5.41, 5.74) is 7.07. The number of primary amides is 1. The molecule has 0 saturated carbocycles. The minimum atomic E-state index is -1.61. The standard InChI is InChI=1S/C25H28FN5O4/c1-14-12-16(6-7-19(14)31-10-3-2-4-21(31)33)30-11-9-17(22(27)24(28)34)23(25(30)35)29-15-5-8-20(32)18(26)13-15/h2,4-5,7-8,12,16,18,27,29,32H,3,6,9-11,13H2,1H3,(H2,28,34). The molecule has 2 heterocycles. The highest BCUT2D eigenvalue weighted by Gasteiger charge is 2.35. The van der Waals surface area contributed by atoms with E-state index < -0.39 is 29.5 Å². The lowest BCUT2D eigenvalue weighted by Gasteiger charge is -2.38. The SMILES string of the molecule is CC1=CC(N2CCC(C(=N)C(N)=O)=C(NC3=CC=C(O)C(F)C3)C2=O)CC=C1N1CCC=CC1=O. The van der Waals surface area contributed by atoms with E-state index in [1.165, 1.54) is 12.2 Å². The van der Waals surface area contributed by atoms with Crippen LogP contribution in [0.5, 0.6) is 0 Å². The molecule has 5 N–H and O–H groups in total. The van der Waals surface area contributed by atoms with Crippen LogP contribution in [0.1, 0.15) is 32.6 Å². The molecule has 184 valence electrons. The second kappa shape index (κ2) is 9.73. The molecular formula is C25H28FN5O4. The number of alkyl halides is 1. The molecule has 0 radical (unpaired) electrons. The minimum Gasteiger partial charge on any atom is -0.509 e. The van der Waals surface area contributed by atoms with Crippen molar-refractivity contribution in [2.24, 2.45) is 5.73 Å². The Morgan fingerprint density at radius 2 is 2.06 bits per heavy atom. The van der Waals surface area contributed by atoms with Crippen molar-refractivity contribution in [1.29, 1.82) is 5.41 Å². The number of nitrogens with one attached hydrogen (secondary N) is 2. The Bertz CT molecular complexity index is 1180. The molecule has 3 amide bonds. The van der Waals surface area contributed by atoms with Gasteiger partial charge in [0, 0.05) is 36.5 Å². The Labute approximate surface area is 202 Å². The molecule has 0 aromatic rings. The van der Waals surface area contributed by atoms with Gasteiger partial charge in [0.25, 0.3) is 17.7 Å². The fourth-order valence-electron chi connectivity index (χ4n) is 4.69. The molecule has 4 aliphatic rings. The zero-order chi connectivity index (χ0) is 25.3. The maximum atomic E-state index is 14.0. The molecule has 0 aromatic heterocycles. The molecule has 2 aliphatic heterocycles. The van der Waals surface area contributed by atoms with Crippen molar-refractivity contribution >= 4 is 23.4 Å². The highest BCUT2D eigenvalue weighted by atomic mass is 19.1. The fraction of sp³-hybridized carbons (Fsp3) is 0.360. The summed E-state index contributed by atoms with van der Waals surface area (Å²) in [6.07, 6.45) is 9.67. The van der Waals surface area contributed by atoms with Gasteiger partial charge in [-0.2, -0.15) is 0 Å². The van der Waals surface area contributed by atoms with Gasteiger partial charge in [0.2, 0.25) is 0 Å². The van der Waals surface area contributed by atoms with Crippen LogP contribution in [0.15, 0.2) is 70.5 Å². The van der Waals surface area contributed by atoms with Gasteiger partial charge in [-0.05, 0) is 50.0 Å². The zero-order valence-corrected chi connectivity index (χ0v) is 19.4. The Hall–Kier alpha value is -3.95. The summed E-state index contributed by atoms with van der Waals surface area (Å²) in [4.78, 5) is 40.9. The Morgan fingerprint density at radius 3 is 2.71 bits per heavy atom. The third-order valence-electron chi connectivity index (χ3n) is 6.52. The maximum absolute atomic E-state index is 14.0. The van der Waals surface area contributed by atoms with Gasteiger partial charge in [0.1, 0.15) is 17.2 Å². The number of carbonyl (C=O) groups excluding carboxylic acids is 3. The van der Waals surface area contributed by atoms with Gasteiger partial charge in [-0.25, -0.2) is 4.39 Å². The molecule has 35 heavy (non-hydrogen) atoms. The van der Waals surface area contributed by atoms with E-state index in [-0.39, 0.29) is 42.6 Å². The molecule has 0 aromatic carbocycles. The van der Waals surface area contributed by atoms with Crippen molar-refractivity contribution in [1.82, 2.24) is 15.1 Å². The number of aliphatic hydroxyl groups is 1. The van der Waals surface area contributed by atoms with E-state index in [0.717, 1.165) is 17.7 Å². The number of nitrogens with two attached hydrogens (primary N) is 1. The molecule has 0 spiro atoms. The first-order valence-corrected chi connectivity index (χ1v) is 11.5. The summed E-state index contributed by atoms with van der Waals surface area (Å²) >= 11 is 0. The molecule has 0 bridgehead atoms. The molecule has 9 nitrogen and oxygen atoms in total. The second-order valence-electron chi connectivity index (χ2n) is 8.84. The average Bonchev–Trinajstić information content (AvgIpc) is 2.82. The van der Waals surface area contributed by atoms with E-state index >= 15 is 0 Å². The molecule has 10 heteroatoms. The van der Waals surface area contributed by atoms with Crippen molar-refractivity contribution in [3.8, 4) is 0 Å². The first kappa shape index (κ1) is 24.2. The van der Waals surface area contributed by atoms with Crippen LogP contribution in [-0.2, 0) is 14.4 Å². The minimum absolute atomic E-state index is 0.00506. The molecule has 2 atom stereocenters. The summed E-state index contributed by atoms with van der Waals surface area (Å²) in [7, 11) is 0. The zero-order valence-electron chi connectivity index (χ0n) is 19.4. The van der Waals surface area contributed by atoms with Crippen molar-refractivity contribution < 1.29 is 23.9 Å². The molecule has 0 saturated heterocycles. The van der Waals surface area contributed by atoms with Gasteiger partial charge in [0.05, 0.1) is 6.04 Å². The normalized spacial score (nSPS) is 25.1. The third-order valence-corrected chi connectivity index (χ3v) is 6.52. The Kier molecular flexibility index (Phi) is 6.72. The van der Waals surface area contributed by atoms with E-state index in [4.69, 9.17) is 11.1 Å². The van der Waals surface area contributed by atoms with E-state index in [1.807, 2.05) is 25.2 Å². The molecular weight excluding hydrogens is 453 g/mol. The predicted octanol–water partition coefficient (Wildman–Crippen LogP) is 2.03. The van der Waals surface area contributed by atoms with Crippen LogP contribution in [0.25, 0.3) is 0 Å². The van der Waals surface area contributed by atoms with Crippen LogP contribution in [-0.4, -0.2) is 63.6 Å².